The maximum absolute atomic E-state index is 11.7. The molecular formula is C18H20ClN3O7. The third kappa shape index (κ3) is 4.43. The molecule has 0 saturated carbocycles. The Morgan fingerprint density at radius 2 is 1.79 bits per heavy atom. The lowest BCUT2D eigenvalue weighted by molar-refractivity contribution is -0.166. The maximum Gasteiger partial charge on any atom is 0.303 e. The fourth-order valence-electron chi connectivity index (χ4n) is 3.22. The third-order valence-corrected chi connectivity index (χ3v) is 4.53. The molecule has 1 aliphatic heterocycles. The molecule has 2 N–H and O–H groups in total. The number of hydrogen-bond donors (Lipinski definition) is 1. The number of anilines is 1. The number of esters is 3. The summed E-state index contributed by atoms with van der Waals surface area (Å²) in [5, 5.41) is 0.0578. The van der Waals surface area contributed by atoms with Crippen molar-refractivity contribution in [1.82, 2.24) is 9.55 Å². The van der Waals surface area contributed by atoms with Crippen molar-refractivity contribution in [3.8, 4) is 0 Å². The van der Waals surface area contributed by atoms with Crippen LogP contribution < -0.4 is 5.73 Å². The van der Waals surface area contributed by atoms with Crippen molar-refractivity contribution in [1.29, 1.82) is 0 Å². The lowest BCUT2D eigenvalue weighted by atomic mass is 10.1. The second-order valence-electron chi connectivity index (χ2n) is 6.51. The number of nitrogens with two attached hydrogens (primary N) is 1. The van der Waals surface area contributed by atoms with Gasteiger partial charge < -0.3 is 24.7 Å². The van der Waals surface area contributed by atoms with Crippen molar-refractivity contribution in [3.63, 3.8) is 0 Å². The van der Waals surface area contributed by atoms with Crippen LogP contribution in [0.4, 0.5) is 5.69 Å². The molecule has 3 rings (SSSR count). The Kier molecular flexibility index (Phi) is 5.94. The topological polar surface area (TPSA) is 132 Å². The van der Waals surface area contributed by atoms with E-state index in [0.717, 1.165) is 0 Å². The van der Waals surface area contributed by atoms with Crippen molar-refractivity contribution in [2.45, 2.75) is 45.3 Å². The van der Waals surface area contributed by atoms with E-state index in [2.05, 4.69) is 4.98 Å². The normalized spacial score (nSPS) is 23.7. The molecule has 156 valence electrons. The van der Waals surface area contributed by atoms with Gasteiger partial charge in [-0.25, -0.2) is 4.98 Å². The quantitative estimate of drug-likeness (QED) is 0.430. The predicted molar refractivity (Wildman–Crippen MR) is 101 cm³/mol. The van der Waals surface area contributed by atoms with Crippen LogP contribution in [0.1, 0.15) is 27.0 Å². The van der Waals surface area contributed by atoms with Crippen LogP contribution in [-0.4, -0.2) is 52.4 Å². The minimum absolute atomic E-state index is 0.0578. The number of rotatable bonds is 5. The Labute approximate surface area is 170 Å². The summed E-state index contributed by atoms with van der Waals surface area (Å²) < 4.78 is 23.2. The lowest BCUT2D eigenvalue weighted by Gasteiger charge is -2.24. The highest BCUT2D eigenvalue weighted by molar-refractivity contribution is 6.29. The van der Waals surface area contributed by atoms with Crippen molar-refractivity contribution >= 4 is 46.2 Å². The maximum atomic E-state index is 11.7. The summed E-state index contributed by atoms with van der Waals surface area (Å²) in [5.74, 6) is -1.77. The van der Waals surface area contributed by atoms with Crippen LogP contribution >= 0.6 is 11.6 Å². The van der Waals surface area contributed by atoms with Crippen LogP contribution in [0.15, 0.2) is 18.2 Å². The van der Waals surface area contributed by atoms with Crippen LogP contribution in [0, 0.1) is 0 Å². The van der Waals surface area contributed by atoms with Gasteiger partial charge in [-0.1, -0.05) is 0 Å². The van der Waals surface area contributed by atoms with E-state index >= 15 is 0 Å². The Morgan fingerprint density at radius 1 is 1.14 bits per heavy atom. The van der Waals surface area contributed by atoms with Gasteiger partial charge in [0.05, 0.1) is 11.0 Å². The molecule has 1 aromatic heterocycles. The number of imidazole rings is 1. The van der Waals surface area contributed by atoms with Crippen LogP contribution in [-0.2, 0) is 33.3 Å². The smallest absolute Gasteiger partial charge is 0.303 e. The summed E-state index contributed by atoms with van der Waals surface area (Å²) in [5.41, 5.74) is 7.42. The summed E-state index contributed by atoms with van der Waals surface area (Å²) in [6.07, 6.45) is -3.99. The molecular weight excluding hydrogens is 406 g/mol. The third-order valence-electron chi connectivity index (χ3n) is 4.27. The van der Waals surface area contributed by atoms with Crippen LogP contribution in [0.2, 0.25) is 5.28 Å². The van der Waals surface area contributed by atoms with Gasteiger partial charge in [0, 0.05) is 26.5 Å². The second kappa shape index (κ2) is 8.26. The molecule has 1 aromatic carbocycles. The van der Waals surface area contributed by atoms with E-state index in [1.54, 1.807) is 18.2 Å². The van der Waals surface area contributed by atoms with E-state index in [9.17, 15) is 14.4 Å². The van der Waals surface area contributed by atoms with Gasteiger partial charge in [-0.05, 0) is 29.8 Å². The van der Waals surface area contributed by atoms with Crippen molar-refractivity contribution in [2.75, 3.05) is 12.3 Å². The first-order valence-corrected chi connectivity index (χ1v) is 9.11. The summed E-state index contributed by atoms with van der Waals surface area (Å²) in [4.78, 5) is 38.9. The molecule has 29 heavy (non-hydrogen) atoms. The standard InChI is InChI=1S/C18H20ClN3O7/c1-8(23)26-7-14-15(27-9(2)24)16(28-10(3)25)17(29-14)22-13-6-11(20)4-5-12(13)21-18(22)19/h4-6,14-17H,7,20H2,1-3H3/t14-,15-,16-,17-/m1/s1. The summed E-state index contributed by atoms with van der Waals surface area (Å²) in [6, 6.07) is 4.99. The molecule has 0 amide bonds. The Balaban J connectivity index is 2.06. The molecule has 11 heteroatoms. The number of ether oxygens (including phenoxy) is 4. The molecule has 2 heterocycles. The number of fused-ring (bicyclic) bond motifs is 1. The number of nitrogen functional groups attached to an aromatic ring is 1. The largest absolute Gasteiger partial charge is 0.463 e. The van der Waals surface area contributed by atoms with Crippen LogP contribution in [0.25, 0.3) is 11.0 Å². The zero-order valence-corrected chi connectivity index (χ0v) is 16.7. The number of hydrogen-bond acceptors (Lipinski definition) is 9. The van der Waals surface area contributed by atoms with Gasteiger partial charge in [-0.2, -0.15) is 0 Å². The van der Waals surface area contributed by atoms with Gasteiger partial charge in [-0.15, -0.1) is 0 Å². The van der Waals surface area contributed by atoms with Gasteiger partial charge in [0.2, 0.25) is 5.28 Å². The first-order chi connectivity index (χ1) is 13.7. The van der Waals surface area contributed by atoms with E-state index in [0.29, 0.717) is 16.7 Å². The number of carbonyl (C=O) groups is 3. The highest BCUT2D eigenvalue weighted by Crippen LogP contribution is 2.38. The van der Waals surface area contributed by atoms with Gasteiger partial charge in [0.25, 0.3) is 0 Å². The van der Waals surface area contributed by atoms with Crippen molar-refractivity contribution in [2.24, 2.45) is 0 Å². The zero-order chi connectivity index (χ0) is 21.3. The summed E-state index contributed by atoms with van der Waals surface area (Å²) >= 11 is 6.33. The average Bonchev–Trinajstić information content (AvgIpc) is 3.09. The average molecular weight is 426 g/mol. The first-order valence-electron chi connectivity index (χ1n) is 8.73. The number of aromatic nitrogens is 2. The SMILES string of the molecule is CC(=O)OC[C@H]1O[C@@H](n2c(Cl)nc3ccc(N)cc32)[C@H](OC(C)=O)[C@@H]1OC(C)=O. The van der Waals surface area contributed by atoms with Gasteiger partial charge in [0.1, 0.15) is 12.7 Å². The molecule has 0 unspecified atom stereocenters. The molecule has 0 radical (unpaired) electrons. The Morgan fingerprint density at radius 3 is 2.41 bits per heavy atom. The van der Waals surface area contributed by atoms with Crippen LogP contribution in [0.5, 0.6) is 0 Å². The summed E-state index contributed by atoms with van der Waals surface area (Å²) in [6.45, 7) is 3.45. The Hall–Kier alpha value is -2.85. The van der Waals surface area contributed by atoms with Crippen LogP contribution in [0.3, 0.4) is 0 Å². The van der Waals surface area contributed by atoms with E-state index in [-0.39, 0.29) is 11.9 Å². The first kappa shape index (κ1) is 20.9. The zero-order valence-electron chi connectivity index (χ0n) is 16.0. The molecule has 1 saturated heterocycles. The van der Waals surface area contributed by atoms with E-state index in [1.165, 1.54) is 25.3 Å². The lowest BCUT2D eigenvalue weighted by Crippen LogP contribution is -2.40. The molecule has 0 aliphatic carbocycles. The molecule has 10 nitrogen and oxygen atoms in total. The van der Waals surface area contributed by atoms with Gasteiger partial charge in [-0.3, -0.25) is 19.0 Å². The van der Waals surface area contributed by atoms with Crippen molar-refractivity contribution in [3.05, 3.63) is 23.5 Å². The monoisotopic (exact) mass is 425 g/mol. The minimum atomic E-state index is -1.06. The highest BCUT2D eigenvalue weighted by atomic mass is 35.5. The molecule has 0 bridgehead atoms. The molecule has 4 atom stereocenters. The fraction of sp³-hybridized carbons (Fsp3) is 0.444. The molecule has 1 fully saturated rings. The molecule has 0 spiro atoms. The van der Waals surface area contributed by atoms with Gasteiger partial charge >= 0.3 is 17.9 Å². The minimum Gasteiger partial charge on any atom is -0.463 e. The van der Waals surface area contributed by atoms with E-state index in [1.807, 2.05) is 0 Å². The summed E-state index contributed by atoms with van der Waals surface area (Å²) in [7, 11) is 0. The molecule has 1 aliphatic rings. The van der Waals surface area contributed by atoms with E-state index < -0.39 is 42.4 Å². The fourth-order valence-corrected chi connectivity index (χ4v) is 3.50. The van der Waals surface area contributed by atoms with Crippen molar-refractivity contribution < 1.29 is 33.3 Å². The molecule has 2 aromatic rings. The second-order valence-corrected chi connectivity index (χ2v) is 6.85. The number of nitrogens with zero attached hydrogens (tertiary/aromatic N) is 2. The number of halogens is 1. The highest BCUT2D eigenvalue weighted by Gasteiger charge is 2.51. The number of carbonyl (C=O) groups excluding carboxylic acids is 3. The van der Waals surface area contributed by atoms with E-state index in [4.69, 9.17) is 36.3 Å². The Bertz CT molecular complexity index is 960. The van der Waals surface area contributed by atoms with Gasteiger partial charge in [0.15, 0.2) is 18.4 Å². The predicted octanol–water partition coefficient (Wildman–Crippen LogP) is 1.60. The number of benzene rings is 1.